The predicted molar refractivity (Wildman–Crippen MR) is 51.8 cm³/mol. The molecule has 15 heavy (non-hydrogen) atoms. The standard InChI is InChI=1S/C11H10O4/c1-11(2)8-4-3-6(9(12)13)5-7(8)10(14)15-11/h3-5H,1-2H3,(H,12,13). The summed E-state index contributed by atoms with van der Waals surface area (Å²) in [5.74, 6) is -1.51. The van der Waals surface area contributed by atoms with Crippen LogP contribution in [0.4, 0.5) is 0 Å². The van der Waals surface area contributed by atoms with E-state index in [2.05, 4.69) is 0 Å². The van der Waals surface area contributed by atoms with E-state index < -0.39 is 17.5 Å². The fourth-order valence-electron chi connectivity index (χ4n) is 1.71. The molecular formula is C11H10O4. The number of hydrogen-bond acceptors (Lipinski definition) is 3. The lowest BCUT2D eigenvalue weighted by Gasteiger charge is -2.17. The summed E-state index contributed by atoms with van der Waals surface area (Å²) in [7, 11) is 0. The zero-order chi connectivity index (χ0) is 11.2. The van der Waals surface area contributed by atoms with Crippen LogP contribution in [0.1, 0.15) is 40.1 Å². The summed E-state index contributed by atoms with van der Waals surface area (Å²) in [6.45, 7) is 3.55. The third-order valence-corrected chi connectivity index (χ3v) is 2.48. The van der Waals surface area contributed by atoms with E-state index in [1.54, 1.807) is 19.9 Å². The molecule has 0 aliphatic carbocycles. The minimum atomic E-state index is -1.05. The second kappa shape index (κ2) is 2.82. The summed E-state index contributed by atoms with van der Waals surface area (Å²) >= 11 is 0. The van der Waals surface area contributed by atoms with Crippen molar-refractivity contribution in [3.05, 3.63) is 34.9 Å². The molecule has 1 heterocycles. The maximum absolute atomic E-state index is 11.4. The SMILES string of the molecule is CC1(C)OC(=O)c2cc(C(=O)O)ccc21. The number of rotatable bonds is 1. The van der Waals surface area contributed by atoms with Gasteiger partial charge in [-0.15, -0.1) is 0 Å². The van der Waals surface area contributed by atoms with Crippen LogP contribution in [0.15, 0.2) is 18.2 Å². The van der Waals surface area contributed by atoms with Gasteiger partial charge in [0.25, 0.3) is 0 Å². The monoisotopic (exact) mass is 206 g/mol. The summed E-state index contributed by atoms with van der Waals surface area (Å²) in [4.78, 5) is 22.2. The minimum absolute atomic E-state index is 0.100. The van der Waals surface area contributed by atoms with Gasteiger partial charge in [-0.05, 0) is 26.0 Å². The van der Waals surface area contributed by atoms with Crippen LogP contribution in [0.25, 0.3) is 0 Å². The van der Waals surface area contributed by atoms with Gasteiger partial charge in [-0.2, -0.15) is 0 Å². The van der Waals surface area contributed by atoms with E-state index in [1.807, 2.05) is 0 Å². The van der Waals surface area contributed by atoms with Gasteiger partial charge in [0.05, 0.1) is 11.1 Å². The van der Waals surface area contributed by atoms with Gasteiger partial charge < -0.3 is 9.84 Å². The molecule has 0 fully saturated rings. The number of carboxylic acids is 1. The first kappa shape index (κ1) is 9.71. The van der Waals surface area contributed by atoms with E-state index in [4.69, 9.17) is 9.84 Å². The number of carbonyl (C=O) groups excluding carboxylic acids is 1. The van der Waals surface area contributed by atoms with Crippen LogP contribution in [-0.4, -0.2) is 17.0 Å². The Bertz CT molecular complexity index is 460. The van der Waals surface area contributed by atoms with E-state index >= 15 is 0 Å². The molecule has 1 aliphatic heterocycles. The van der Waals surface area contributed by atoms with Gasteiger partial charge in [0.2, 0.25) is 0 Å². The number of hydrogen-bond donors (Lipinski definition) is 1. The molecule has 0 spiro atoms. The molecule has 1 aromatic rings. The van der Waals surface area contributed by atoms with Crippen molar-refractivity contribution in [3.8, 4) is 0 Å². The van der Waals surface area contributed by atoms with Crippen molar-refractivity contribution >= 4 is 11.9 Å². The first-order valence-corrected chi connectivity index (χ1v) is 4.53. The summed E-state index contributed by atoms with van der Waals surface area (Å²) in [5.41, 5.74) is 0.518. The smallest absolute Gasteiger partial charge is 0.339 e. The third-order valence-electron chi connectivity index (χ3n) is 2.48. The van der Waals surface area contributed by atoms with Gasteiger partial charge in [-0.3, -0.25) is 0 Å². The second-order valence-electron chi connectivity index (χ2n) is 3.97. The number of benzene rings is 1. The number of carbonyl (C=O) groups is 2. The lowest BCUT2D eigenvalue weighted by Crippen LogP contribution is -2.15. The van der Waals surface area contributed by atoms with E-state index in [0.717, 1.165) is 5.56 Å². The van der Waals surface area contributed by atoms with Gasteiger partial charge >= 0.3 is 11.9 Å². The summed E-state index contributed by atoms with van der Waals surface area (Å²) in [6, 6.07) is 4.46. The molecule has 0 radical (unpaired) electrons. The molecule has 0 bridgehead atoms. The summed E-state index contributed by atoms with van der Waals surface area (Å²) in [5, 5.41) is 8.78. The molecule has 78 valence electrons. The first-order chi connectivity index (χ1) is 6.92. The van der Waals surface area contributed by atoms with Crippen LogP contribution < -0.4 is 0 Å². The fourth-order valence-corrected chi connectivity index (χ4v) is 1.71. The average Bonchev–Trinajstić information content (AvgIpc) is 2.37. The van der Waals surface area contributed by atoms with Crippen molar-refractivity contribution in [2.24, 2.45) is 0 Å². The number of cyclic esters (lactones) is 1. The normalized spacial score (nSPS) is 17.1. The predicted octanol–water partition coefficient (Wildman–Crippen LogP) is 1.79. The zero-order valence-corrected chi connectivity index (χ0v) is 8.40. The van der Waals surface area contributed by atoms with Crippen LogP contribution in [-0.2, 0) is 10.3 Å². The number of carboxylic acid groups (broad SMARTS) is 1. The highest BCUT2D eigenvalue weighted by atomic mass is 16.6. The van der Waals surface area contributed by atoms with E-state index in [0.29, 0.717) is 5.56 Å². The Morgan fingerprint density at radius 1 is 1.40 bits per heavy atom. The van der Waals surface area contributed by atoms with Crippen LogP contribution in [0.5, 0.6) is 0 Å². The molecule has 1 N–H and O–H groups in total. The van der Waals surface area contributed by atoms with Gasteiger partial charge in [0, 0.05) is 5.56 Å². The molecule has 4 nitrogen and oxygen atoms in total. The maximum Gasteiger partial charge on any atom is 0.339 e. The molecule has 4 heteroatoms. The van der Waals surface area contributed by atoms with Crippen LogP contribution >= 0.6 is 0 Å². The first-order valence-electron chi connectivity index (χ1n) is 4.53. The maximum atomic E-state index is 11.4. The number of aromatic carboxylic acids is 1. The molecule has 0 atom stereocenters. The Morgan fingerprint density at radius 3 is 2.67 bits per heavy atom. The fraction of sp³-hybridized carbons (Fsp3) is 0.273. The Kier molecular flexibility index (Phi) is 1.83. The van der Waals surface area contributed by atoms with E-state index in [9.17, 15) is 9.59 Å². The lowest BCUT2D eigenvalue weighted by molar-refractivity contribution is 0.00953. The van der Waals surface area contributed by atoms with Crippen molar-refractivity contribution in [1.29, 1.82) is 0 Å². The van der Waals surface area contributed by atoms with Gasteiger partial charge in [0.15, 0.2) is 0 Å². The zero-order valence-electron chi connectivity index (χ0n) is 8.40. The highest BCUT2D eigenvalue weighted by Crippen LogP contribution is 2.35. The summed E-state index contributed by atoms with van der Waals surface area (Å²) in [6.07, 6.45) is 0. The second-order valence-corrected chi connectivity index (χ2v) is 3.97. The van der Waals surface area contributed by atoms with Crippen molar-refractivity contribution in [2.75, 3.05) is 0 Å². The molecule has 0 unspecified atom stereocenters. The van der Waals surface area contributed by atoms with Crippen molar-refractivity contribution < 1.29 is 19.4 Å². The van der Waals surface area contributed by atoms with Gasteiger partial charge in [-0.1, -0.05) is 6.07 Å². The van der Waals surface area contributed by atoms with Gasteiger partial charge in [0.1, 0.15) is 5.60 Å². The molecule has 1 aliphatic rings. The Labute approximate surface area is 86.5 Å². The van der Waals surface area contributed by atoms with Crippen molar-refractivity contribution in [2.45, 2.75) is 19.4 Å². The Hall–Kier alpha value is -1.84. The molecular weight excluding hydrogens is 196 g/mol. The highest BCUT2D eigenvalue weighted by molar-refractivity contribution is 5.98. The molecule has 1 aromatic carbocycles. The topological polar surface area (TPSA) is 63.6 Å². The molecule has 0 saturated heterocycles. The average molecular weight is 206 g/mol. The van der Waals surface area contributed by atoms with Crippen LogP contribution in [0.2, 0.25) is 0 Å². The van der Waals surface area contributed by atoms with E-state index in [-0.39, 0.29) is 5.56 Å². The number of esters is 1. The summed E-state index contributed by atoms with van der Waals surface area (Å²) < 4.78 is 5.12. The Balaban J connectivity index is 2.60. The van der Waals surface area contributed by atoms with Crippen LogP contribution in [0.3, 0.4) is 0 Å². The minimum Gasteiger partial charge on any atom is -0.478 e. The molecule has 0 saturated carbocycles. The van der Waals surface area contributed by atoms with Gasteiger partial charge in [-0.25, -0.2) is 9.59 Å². The Morgan fingerprint density at radius 2 is 2.07 bits per heavy atom. The largest absolute Gasteiger partial charge is 0.478 e. The number of fused-ring (bicyclic) bond motifs is 1. The van der Waals surface area contributed by atoms with Crippen molar-refractivity contribution in [3.63, 3.8) is 0 Å². The van der Waals surface area contributed by atoms with Crippen molar-refractivity contribution in [1.82, 2.24) is 0 Å². The molecule has 2 rings (SSSR count). The van der Waals surface area contributed by atoms with E-state index in [1.165, 1.54) is 12.1 Å². The lowest BCUT2D eigenvalue weighted by atomic mass is 9.94. The number of ether oxygens (including phenoxy) is 1. The highest BCUT2D eigenvalue weighted by Gasteiger charge is 2.37. The third kappa shape index (κ3) is 1.38. The molecule has 0 aromatic heterocycles. The quantitative estimate of drug-likeness (QED) is 0.711. The molecule has 0 amide bonds. The van der Waals surface area contributed by atoms with Crippen LogP contribution in [0, 0.1) is 0 Å².